The van der Waals surface area contributed by atoms with Crippen molar-refractivity contribution in [2.24, 2.45) is 0 Å². The van der Waals surface area contributed by atoms with E-state index in [1.807, 2.05) is 42.6 Å². The summed E-state index contributed by atoms with van der Waals surface area (Å²) in [7, 11) is 4.68. The Morgan fingerprint density at radius 3 is 2.57 bits per heavy atom. The van der Waals surface area contributed by atoms with E-state index in [1.54, 1.807) is 18.2 Å². The molecule has 196 valence electrons. The third-order valence-electron chi connectivity index (χ3n) is 6.42. The van der Waals surface area contributed by atoms with Crippen LogP contribution in [0.5, 0.6) is 11.5 Å². The SMILES string of the molecule is COc1cc2c(-c3cn(OC(OC)OC)c4ccccc34)ncnc2cc1OCCCN1CCOCC1. The summed E-state index contributed by atoms with van der Waals surface area (Å²) in [5, 5.41) is 1.81. The minimum Gasteiger partial charge on any atom is -0.493 e. The molecule has 0 unspecified atom stereocenters. The highest BCUT2D eigenvalue weighted by Crippen LogP contribution is 2.38. The van der Waals surface area contributed by atoms with Crippen LogP contribution in [0.1, 0.15) is 6.42 Å². The summed E-state index contributed by atoms with van der Waals surface area (Å²) in [6.07, 6.45) is 4.35. The van der Waals surface area contributed by atoms with E-state index in [9.17, 15) is 0 Å². The summed E-state index contributed by atoms with van der Waals surface area (Å²) in [4.78, 5) is 17.4. The van der Waals surface area contributed by atoms with Crippen molar-refractivity contribution in [1.29, 1.82) is 0 Å². The second-order valence-electron chi connectivity index (χ2n) is 8.65. The summed E-state index contributed by atoms with van der Waals surface area (Å²) < 4.78 is 29.3. The van der Waals surface area contributed by atoms with Gasteiger partial charge in [-0.25, -0.2) is 9.97 Å². The highest BCUT2D eigenvalue weighted by Gasteiger charge is 2.19. The molecule has 0 radical (unpaired) electrons. The Morgan fingerprint density at radius 1 is 0.973 bits per heavy atom. The molecule has 2 aromatic carbocycles. The van der Waals surface area contributed by atoms with Crippen LogP contribution < -0.4 is 14.3 Å². The van der Waals surface area contributed by atoms with E-state index in [0.29, 0.717) is 18.1 Å². The molecule has 0 bridgehead atoms. The van der Waals surface area contributed by atoms with Gasteiger partial charge in [-0.05, 0) is 18.6 Å². The molecule has 1 saturated heterocycles. The Bertz CT molecular complexity index is 1330. The van der Waals surface area contributed by atoms with Crippen LogP contribution in [0.25, 0.3) is 33.1 Å². The average Bonchev–Trinajstić information content (AvgIpc) is 3.31. The number of nitrogens with zero attached hydrogens (tertiary/aromatic N) is 4. The number of aromatic nitrogens is 3. The predicted molar refractivity (Wildman–Crippen MR) is 139 cm³/mol. The van der Waals surface area contributed by atoms with Gasteiger partial charge in [-0.1, -0.05) is 18.2 Å². The fraction of sp³-hybridized carbons (Fsp3) is 0.407. The molecule has 10 nitrogen and oxygen atoms in total. The Hall–Kier alpha value is -3.44. The van der Waals surface area contributed by atoms with E-state index < -0.39 is 6.48 Å². The van der Waals surface area contributed by atoms with Gasteiger partial charge in [-0.3, -0.25) is 4.90 Å². The topological polar surface area (TPSA) is 89.3 Å². The highest BCUT2D eigenvalue weighted by atomic mass is 16.9. The van der Waals surface area contributed by atoms with Gasteiger partial charge in [0.1, 0.15) is 6.33 Å². The fourth-order valence-electron chi connectivity index (χ4n) is 4.55. The lowest BCUT2D eigenvalue weighted by Gasteiger charge is -2.26. The van der Waals surface area contributed by atoms with Crippen molar-refractivity contribution >= 4 is 21.8 Å². The van der Waals surface area contributed by atoms with Gasteiger partial charge in [0, 0.05) is 56.3 Å². The first kappa shape index (κ1) is 25.2. The van der Waals surface area contributed by atoms with Crippen LogP contribution in [0.3, 0.4) is 0 Å². The minimum atomic E-state index is -0.853. The summed E-state index contributed by atoms with van der Waals surface area (Å²) in [6, 6.07) is 11.8. The zero-order valence-electron chi connectivity index (χ0n) is 21.4. The Labute approximate surface area is 215 Å². The van der Waals surface area contributed by atoms with Crippen LogP contribution in [-0.2, 0) is 14.2 Å². The van der Waals surface area contributed by atoms with Crippen LogP contribution in [0.4, 0.5) is 0 Å². The maximum Gasteiger partial charge on any atom is 0.337 e. The Kier molecular flexibility index (Phi) is 8.00. The number of fused-ring (bicyclic) bond motifs is 2. The molecule has 1 fully saturated rings. The smallest absolute Gasteiger partial charge is 0.337 e. The van der Waals surface area contributed by atoms with Gasteiger partial charge in [0.2, 0.25) is 0 Å². The van der Waals surface area contributed by atoms with Gasteiger partial charge < -0.3 is 28.5 Å². The molecule has 2 aromatic heterocycles. The quantitative estimate of drug-likeness (QED) is 0.223. The second kappa shape index (κ2) is 11.7. The number of morpholine rings is 1. The summed E-state index contributed by atoms with van der Waals surface area (Å²) in [6.45, 7) is 4.24. The summed E-state index contributed by atoms with van der Waals surface area (Å²) in [5.74, 6) is 1.30. The number of methoxy groups -OCH3 is 3. The van der Waals surface area contributed by atoms with Crippen molar-refractivity contribution in [3.8, 4) is 22.8 Å². The molecule has 0 N–H and O–H groups in total. The second-order valence-corrected chi connectivity index (χ2v) is 8.65. The number of benzene rings is 2. The van der Waals surface area contributed by atoms with Crippen LogP contribution in [-0.4, -0.2) is 86.9 Å². The molecule has 5 rings (SSSR count). The third-order valence-corrected chi connectivity index (χ3v) is 6.42. The standard InChI is InChI=1S/C27H32N4O6/c1-32-24-15-20-22(16-25(24)36-12-6-9-30-10-13-35-14-11-30)28-18-29-26(20)21-17-31(37-27(33-2)34-3)23-8-5-4-7-19(21)23/h4-5,7-8,15-18,27H,6,9-14H2,1-3H3. The highest BCUT2D eigenvalue weighted by molar-refractivity contribution is 6.03. The number of rotatable bonds is 11. The molecule has 10 heteroatoms. The summed E-state index contributed by atoms with van der Waals surface area (Å²) in [5.41, 5.74) is 3.26. The number of para-hydroxylation sites is 1. The number of hydrogen-bond acceptors (Lipinski definition) is 9. The molecule has 0 saturated carbocycles. The van der Waals surface area contributed by atoms with E-state index >= 15 is 0 Å². The summed E-state index contributed by atoms with van der Waals surface area (Å²) >= 11 is 0. The van der Waals surface area contributed by atoms with Crippen LogP contribution in [0.2, 0.25) is 0 Å². The van der Waals surface area contributed by atoms with Crippen molar-refractivity contribution in [2.75, 3.05) is 60.8 Å². The number of hydrogen-bond donors (Lipinski definition) is 0. The van der Waals surface area contributed by atoms with E-state index in [0.717, 1.165) is 72.3 Å². The molecule has 37 heavy (non-hydrogen) atoms. The lowest BCUT2D eigenvalue weighted by atomic mass is 10.1. The molecule has 0 atom stereocenters. The molecule has 1 aliphatic heterocycles. The van der Waals surface area contributed by atoms with E-state index in [2.05, 4.69) is 14.9 Å². The van der Waals surface area contributed by atoms with Crippen LogP contribution in [0, 0.1) is 0 Å². The molecule has 3 heterocycles. The number of ether oxygens (including phenoxy) is 5. The van der Waals surface area contributed by atoms with Crippen molar-refractivity contribution < 1.29 is 28.5 Å². The van der Waals surface area contributed by atoms with Crippen molar-refractivity contribution in [3.63, 3.8) is 0 Å². The van der Waals surface area contributed by atoms with Crippen LogP contribution >= 0.6 is 0 Å². The van der Waals surface area contributed by atoms with E-state index in [4.69, 9.17) is 28.5 Å². The lowest BCUT2D eigenvalue weighted by molar-refractivity contribution is -0.262. The predicted octanol–water partition coefficient (Wildman–Crippen LogP) is 3.37. The van der Waals surface area contributed by atoms with Crippen molar-refractivity contribution in [1.82, 2.24) is 19.6 Å². The third kappa shape index (κ3) is 5.47. The zero-order valence-corrected chi connectivity index (χ0v) is 21.4. The Balaban J connectivity index is 1.44. The molecule has 4 aromatic rings. The molecular weight excluding hydrogens is 476 g/mol. The molecule has 0 amide bonds. The van der Waals surface area contributed by atoms with Gasteiger partial charge in [0.05, 0.1) is 49.9 Å². The van der Waals surface area contributed by atoms with Gasteiger partial charge in [-0.2, -0.15) is 4.73 Å². The lowest BCUT2D eigenvalue weighted by Crippen LogP contribution is -2.37. The van der Waals surface area contributed by atoms with E-state index in [-0.39, 0.29) is 0 Å². The Morgan fingerprint density at radius 2 is 1.78 bits per heavy atom. The van der Waals surface area contributed by atoms with Crippen molar-refractivity contribution in [2.45, 2.75) is 12.9 Å². The van der Waals surface area contributed by atoms with Gasteiger partial charge in [-0.15, -0.1) is 0 Å². The van der Waals surface area contributed by atoms with Gasteiger partial charge >= 0.3 is 6.48 Å². The molecule has 1 aliphatic rings. The maximum atomic E-state index is 6.12. The minimum absolute atomic E-state index is 0.585. The molecule has 0 aliphatic carbocycles. The largest absolute Gasteiger partial charge is 0.493 e. The van der Waals surface area contributed by atoms with Crippen molar-refractivity contribution in [3.05, 3.63) is 48.9 Å². The van der Waals surface area contributed by atoms with Gasteiger partial charge in [0.15, 0.2) is 11.5 Å². The normalized spacial score (nSPS) is 14.5. The molecular formula is C27H32N4O6. The first-order valence-corrected chi connectivity index (χ1v) is 12.3. The van der Waals surface area contributed by atoms with Gasteiger partial charge in [0.25, 0.3) is 0 Å². The van der Waals surface area contributed by atoms with Crippen LogP contribution in [0.15, 0.2) is 48.9 Å². The monoisotopic (exact) mass is 508 g/mol. The fourth-order valence-corrected chi connectivity index (χ4v) is 4.55. The first-order chi connectivity index (χ1) is 18.2. The molecule has 0 spiro atoms. The maximum absolute atomic E-state index is 6.12. The van der Waals surface area contributed by atoms with E-state index in [1.165, 1.54) is 14.2 Å². The zero-order chi connectivity index (χ0) is 25.6. The average molecular weight is 509 g/mol. The first-order valence-electron chi connectivity index (χ1n) is 12.3.